The molecule has 1 saturated heterocycles. The SMILES string of the molecule is Cc1cc(CSc2ccccc2C(=O)N2CCS(=O)(=O)CC2)on1. The third-order valence-corrected chi connectivity index (χ3v) is 6.50. The molecule has 1 aromatic carbocycles. The summed E-state index contributed by atoms with van der Waals surface area (Å²) in [5, 5.41) is 3.85. The molecule has 0 atom stereocenters. The van der Waals surface area contributed by atoms with E-state index in [-0.39, 0.29) is 30.5 Å². The molecule has 1 aliphatic heterocycles. The van der Waals surface area contributed by atoms with Gasteiger partial charge in [0.2, 0.25) is 0 Å². The number of amides is 1. The maximum Gasteiger partial charge on any atom is 0.255 e. The van der Waals surface area contributed by atoms with Gasteiger partial charge in [0.25, 0.3) is 5.91 Å². The van der Waals surface area contributed by atoms with Gasteiger partial charge in [-0.3, -0.25) is 4.79 Å². The summed E-state index contributed by atoms with van der Waals surface area (Å²) in [5.74, 6) is 1.28. The van der Waals surface area contributed by atoms with Crippen molar-refractivity contribution in [3.05, 3.63) is 47.3 Å². The number of hydrogen-bond acceptors (Lipinski definition) is 6. The van der Waals surface area contributed by atoms with Gasteiger partial charge in [0.15, 0.2) is 9.84 Å². The maximum absolute atomic E-state index is 12.7. The van der Waals surface area contributed by atoms with Gasteiger partial charge in [-0.1, -0.05) is 17.3 Å². The highest BCUT2D eigenvalue weighted by molar-refractivity contribution is 7.98. The van der Waals surface area contributed by atoms with Gasteiger partial charge in [-0.2, -0.15) is 0 Å². The first kappa shape index (κ1) is 17.0. The first-order valence-electron chi connectivity index (χ1n) is 7.58. The molecule has 0 unspecified atom stereocenters. The van der Waals surface area contributed by atoms with Crippen molar-refractivity contribution < 1.29 is 17.7 Å². The number of aryl methyl sites for hydroxylation is 1. The van der Waals surface area contributed by atoms with Crippen LogP contribution in [0.1, 0.15) is 21.8 Å². The first-order valence-corrected chi connectivity index (χ1v) is 10.4. The summed E-state index contributed by atoms with van der Waals surface area (Å²) >= 11 is 1.51. The molecule has 1 aromatic heterocycles. The molecule has 0 spiro atoms. The molecule has 2 aromatic rings. The highest BCUT2D eigenvalue weighted by Crippen LogP contribution is 2.27. The number of rotatable bonds is 4. The third kappa shape index (κ3) is 3.99. The van der Waals surface area contributed by atoms with Crippen LogP contribution in [-0.4, -0.2) is 49.0 Å². The van der Waals surface area contributed by atoms with E-state index in [1.165, 1.54) is 11.8 Å². The molecule has 8 heteroatoms. The zero-order chi connectivity index (χ0) is 17.2. The lowest BCUT2D eigenvalue weighted by Gasteiger charge is -2.27. The van der Waals surface area contributed by atoms with E-state index in [0.717, 1.165) is 16.3 Å². The van der Waals surface area contributed by atoms with Crippen LogP contribution in [0.15, 0.2) is 39.8 Å². The van der Waals surface area contributed by atoms with E-state index in [2.05, 4.69) is 5.16 Å². The minimum atomic E-state index is -3.00. The fraction of sp³-hybridized carbons (Fsp3) is 0.375. The van der Waals surface area contributed by atoms with Gasteiger partial charge in [-0.15, -0.1) is 11.8 Å². The molecule has 1 fully saturated rings. The highest BCUT2D eigenvalue weighted by Gasteiger charge is 2.26. The maximum atomic E-state index is 12.7. The van der Waals surface area contributed by atoms with E-state index in [4.69, 9.17) is 4.52 Å². The minimum Gasteiger partial charge on any atom is -0.360 e. The van der Waals surface area contributed by atoms with Gasteiger partial charge >= 0.3 is 0 Å². The van der Waals surface area contributed by atoms with E-state index >= 15 is 0 Å². The molecular weight excluding hydrogens is 348 g/mol. The van der Waals surface area contributed by atoms with Crippen LogP contribution in [0, 0.1) is 6.92 Å². The molecule has 1 amide bonds. The van der Waals surface area contributed by atoms with Crippen LogP contribution in [0.25, 0.3) is 0 Å². The summed E-state index contributed by atoms with van der Waals surface area (Å²) in [6, 6.07) is 9.23. The largest absolute Gasteiger partial charge is 0.360 e. The summed E-state index contributed by atoms with van der Waals surface area (Å²) in [5.41, 5.74) is 1.42. The molecule has 0 bridgehead atoms. The Morgan fingerprint density at radius 3 is 2.67 bits per heavy atom. The van der Waals surface area contributed by atoms with Gasteiger partial charge in [0, 0.05) is 24.1 Å². The number of nitrogens with zero attached hydrogens (tertiary/aromatic N) is 2. The van der Waals surface area contributed by atoms with Gasteiger partial charge < -0.3 is 9.42 Å². The summed E-state index contributed by atoms with van der Waals surface area (Å²) in [7, 11) is -3.00. The number of hydrogen-bond donors (Lipinski definition) is 0. The Morgan fingerprint density at radius 2 is 2.00 bits per heavy atom. The lowest BCUT2D eigenvalue weighted by Crippen LogP contribution is -2.43. The lowest BCUT2D eigenvalue weighted by atomic mass is 10.2. The van der Waals surface area contributed by atoms with Gasteiger partial charge in [0.05, 0.1) is 28.5 Å². The highest BCUT2D eigenvalue weighted by atomic mass is 32.2. The summed E-state index contributed by atoms with van der Waals surface area (Å²) < 4.78 is 28.2. The van der Waals surface area contributed by atoms with E-state index in [1.54, 1.807) is 11.0 Å². The predicted molar refractivity (Wildman–Crippen MR) is 91.8 cm³/mol. The Kier molecular flexibility index (Phi) is 4.96. The quantitative estimate of drug-likeness (QED) is 0.771. The van der Waals surface area contributed by atoms with Crippen molar-refractivity contribution in [3.8, 4) is 0 Å². The molecule has 1 aliphatic rings. The van der Waals surface area contributed by atoms with Gasteiger partial charge in [-0.05, 0) is 19.1 Å². The van der Waals surface area contributed by atoms with Gasteiger partial charge in [0.1, 0.15) is 5.76 Å². The number of aromatic nitrogens is 1. The molecule has 24 heavy (non-hydrogen) atoms. The Morgan fingerprint density at radius 1 is 1.29 bits per heavy atom. The molecule has 0 saturated carbocycles. The molecule has 6 nitrogen and oxygen atoms in total. The Hall–Kier alpha value is -1.80. The van der Waals surface area contributed by atoms with Crippen LogP contribution in [-0.2, 0) is 15.6 Å². The van der Waals surface area contributed by atoms with Crippen LogP contribution < -0.4 is 0 Å². The van der Waals surface area contributed by atoms with Crippen molar-refractivity contribution in [1.82, 2.24) is 10.1 Å². The fourth-order valence-corrected chi connectivity index (χ4v) is 4.61. The van der Waals surface area contributed by atoms with Crippen LogP contribution in [0.5, 0.6) is 0 Å². The number of sulfone groups is 1. The monoisotopic (exact) mass is 366 g/mol. The normalized spacial score (nSPS) is 17.0. The van der Waals surface area contributed by atoms with Gasteiger partial charge in [-0.25, -0.2) is 8.42 Å². The molecule has 128 valence electrons. The Balaban J connectivity index is 1.72. The van der Waals surface area contributed by atoms with E-state index in [1.807, 2.05) is 31.2 Å². The van der Waals surface area contributed by atoms with E-state index < -0.39 is 9.84 Å². The lowest BCUT2D eigenvalue weighted by molar-refractivity contribution is 0.0767. The molecule has 2 heterocycles. The summed E-state index contributed by atoms with van der Waals surface area (Å²) in [4.78, 5) is 15.2. The zero-order valence-electron chi connectivity index (χ0n) is 13.3. The third-order valence-electron chi connectivity index (χ3n) is 3.80. The molecule has 3 rings (SSSR count). The fourth-order valence-electron chi connectivity index (χ4n) is 2.49. The Labute approximate surface area is 145 Å². The van der Waals surface area contributed by atoms with Crippen molar-refractivity contribution in [1.29, 1.82) is 0 Å². The molecule has 0 radical (unpaired) electrons. The van der Waals surface area contributed by atoms with Crippen molar-refractivity contribution in [2.24, 2.45) is 0 Å². The smallest absolute Gasteiger partial charge is 0.255 e. The van der Waals surface area contributed by atoms with Crippen molar-refractivity contribution in [2.75, 3.05) is 24.6 Å². The number of thioether (sulfide) groups is 1. The number of carbonyl (C=O) groups is 1. The van der Waals surface area contributed by atoms with Crippen LogP contribution in [0.3, 0.4) is 0 Å². The summed E-state index contributed by atoms with van der Waals surface area (Å²) in [6.45, 7) is 2.36. The van der Waals surface area contributed by atoms with Crippen molar-refractivity contribution >= 4 is 27.5 Å². The van der Waals surface area contributed by atoms with Crippen LogP contribution >= 0.6 is 11.8 Å². The van der Waals surface area contributed by atoms with E-state index in [0.29, 0.717) is 11.3 Å². The molecular formula is C16H18N2O4S2. The minimum absolute atomic E-state index is 0.0331. The second-order valence-electron chi connectivity index (χ2n) is 5.66. The standard InChI is InChI=1S/C16H18N2O4S2/c1-12-10-13(22-17-12)11-23-15-5-3-2-4-14(15)16(19)18-6-8-24(20,21)9-7-18/h2-5,10H,6-9,11H2,1H3. The van der Waals surface area contributed by atoms with Crippen molar-refractivity contribution in [2.45, 2.75) is 17.6 Å². The number of benzene rings is 1. The molecule has 0 aliphatic carbocycles. The average Bonchev–Trinajstić information content (AvgIpc) is 2.98. The van der Waals surface area contributed by atoms with E-state index in [9.17, 15) is 13.2 Å². The summed E-state index contributed by atoms with van der Waals surface area (Å²) in [6.07, 6.45) is 0. The first-order chi connectivity index (χ1) is 11.4. The van der Waals surface area contributed by atoms with Crippen LogP contribution in [0.4, 0.5) is 0 Å². The average molecular weight is 366 g/mol. The Bertz CT molecular complexity index is 831. The molecule has 0 N–H and O–H groups in total. The second-order valence-corrected chi connectivity index (χ2v) is 8.98. The predicted octanol–water partition coefficient (Wildman–Crippen LogP) is 2.15. The van der Waals surface area contributed by atoms with Crippen molar-refractivity contribution in [3.63, 3.8) is 0 Å². The number of carbonyl (C=O) groups excluding carboxylic acids is 1. The topological polar surface area (TPSA) is 80.5 Å². The van der Waals surface area contributed by atoms with Crippen LogP contribution in [0.2, 0.25) is 0 Å². The zero-order valence-corrected chi connectivity index (χ0v) is 14.9. The second kappa shape index (κ2) is 6.98.